The molecule has 1 saturated carbocycles. The standard InChI is InChI=1S/C16H24N4/c1-4-14(13-5-6-13)15-12(3)18-10-19-16(15)20-8-7-17-11(2)9-20/h4,10-11,13,17H,5-9H2,1-3H3/b14-4-. The topological polar surface area (TPSA) is 41.1 Å². The molecule has 1 aromatic rings. The normalized spacial score (nSPS) is 24.1. The van der Waals surface area contributed by atoms with Gasteiger partial charge in [-0.1, -0.05) is 6.08 Å². The van der Waals surface area contributed by atoms with E-state index in [9.17, 15) is 0 Å². The van der Waals surface area contributed by atoms with Crippen molar-refractivity contribution in [2.24, 2.45) is 5.92 Å². The van der Waals surface area contributed by atoms with Gasteiger partial charge in [0.25, 0.3) is 0 Å². The third-order valence-corrected chi connectivity index (χ3v) is 4.30. The molecule has 1 aliphatic carbocycles. The Kier molecular flexibility index (Phi) is 3.74. The number of allylic oxidation sites excluding steroid dienone is 2. The first kappa shape index (κ1) is 13.6. The highest BCUT2D eigenvalue weighted by Crippen LogP contribution is 2.44. The Hall–Kier alpha value is -1.42. The first-order valence-electron chi connectivity index (χ1n) is 7.67. The van der Waals surface area contributed by atoms with Crippen molar-refractivity contribution in [3.05, 3.63) is 23.7 Å². The molecule has 1 atom stereocenters. The summed E-state index contributed by atoms with van der Waals surface area (Å²) in [4.78, 5) is 11.5. The summed E-state index contributed by atoms with van der Waals surface area (Å²) >= 11 is 0. The van der Waals surface area contributed by atoms with Crippen LogP contribution in [0.2, 0.25) is 0 Å². The maximum absolute atomic E-state index is 4.62. The summed E-state index contributed by atoms with van der Waals surface area (Å²) in [5.74, 6) is 1.86. The lowest BCUT2D eigenvalue weighted by molar-refractivity contribution is 0.482. The molecule has 2 aliphatic rings. The Bertz CT molecular complexity index is 519. The van der Waals surface area contributed by atoms with E-state index in [-0.39, 0.29) is 0 Å². The van der Waals surface area contributed by atoms with E-state index >= 15 is 0 Å². The fraction of sp³-hybridized carbons (Fsp3) is 0.625. The number of hydrogen-bond acceptors (Lipinski definition) is 4. The van der Waals surface area contributed by atoms with Crippen LogP contribution in [-0.2, 0) is 0 Å². The van der Waals surface area contributed by atoms with E-state index in [0.717, 1.165) is 37.1 Å². The molecule has 4 heteroatoms. The maximum atomic E-state index is 4.62. The molecular formula is C16H24N4. The lowest BCUT2D eigenvalue weighted by atomic mass is 9.99. The summed E-state index contributed by atoms with van der Waals surface area (Å²) in [6.45, 7) is 9.55. The van der Waals surface area contributed by atoms with Crippen LogP contribution in [0.3, 0.4) is 0 Å². The summed E-state index contributed by atoms with van der Waals surface area (Å²) in [5.41, 5.74) is 3.84. The smallest absolute Gasteiger partial charge is 0.139 e. The molecule has 2 heterocycles. The van der Waals surface area contributed by atoms with Crippen molar-refractivity contribution in [1.82, 2.24) is 15.3 Å². The van der Waals surface area contributed by atoms with E-state index in [2.05, 4.69) is 47.0 Å². The Morgan fingerprint density at radius 1 is 1.40 bits per heavy atom. The van der Waals surface area contributed by atoms with Crippen LogP contribution in [0.5, 0.6) is 0 Å². The van der Waals surface area contributed by atoms with Gasteiger partial charge >= 0.3 is 0 Å². The Labute approximate surface area is 121 Å². The molecule has 2 fully saturated rings. The van der Waals surface area contributed by atoms with Gasteiger partial charge in [-0.05, 0) is 45.1 Å². The first-order valence-corrected chi connectivity index (χ1v) is 7.67. The predicted molar refractivity (Wildman–Crippen MR) is 82.8 cm³/mol. The van der Waals surface area contributed by atoms with Gasteiger partial charge in [-0.2, -0.15) is 0 Å². The Balaban J connectivity index is 1.99. The van der Waals surface area contributed by atoms with Crippen molar-refractivity contribution in [1.29, 1.82) is 0 Å². The highest BCUT2D eigenvalue weighted by molar-refractivity contribution is 5.78. The van der Waals surface area contributed by atoms with Crippen LogP contribution in [0.4, 0.5) is 5.82 Å². The van der Waals surface area contributed by atoms with Gasteiger partial charge in [-0.3, -0.25) is 0 Å². The molecule has 1 aliphatic heterocycles. The number of aryl methyl sites for hydroxylation is 1. The van der Waals surface area contributed by atoms with Crippen molar-refractivity contribution in [3.8, 4) is 0 Å². The zero-order valence-electron chi connectivity index (χ0n) is 12.7. The van der Waals surface area contributed by atoms with E-state index < -0.39 is 0 Å². The molecule has 3 rings (SSSR count). The van der Waals surface area contributed by atoms with Crippen molar-refractivity contribution in [2.75, 3.05) is 24.5 Å². The fourth-order valence-corrected chi connectivity index (χ4v) is 3.14. The summed E-state index contributed by atoms with van der Waals surface area (Å²) < 4.78 is 0. The molecule has 1 aromatic heterocycles. The largest absolute Gasteiger partial charge is 0.353 e. The van der Waals surface area contributed by atoms with E-state index in [0.29, 0.717) is 6.04 Å². The van der Waals surface area contributed by atoms with Crippen LogP contribution in [-0.4, -0.2) is 35.6 Å². The summed E-state index contributed by atoms with van der Waals surface area (Å²) in [7, 11) is 0. The molecule has 20 heavy (non-hydrogen) atoms. The van der Waals surface area contributed by atoms with Crippen molar-refractivity contribution in [2.45, 2.75) is 39.7 Å². The molecule has 1 saturated heterocycles. The van der Waals surface area contributed by atoms with Crippen LogP contribution in [0.25, 0.3) is 5.57 Å². The molecule has 0 radical (unpaired) electrons. The van der Waals surface area contributed by atoms with Crippen LogP contribution >= 0.6 is 0 Å². The Morgan fingerprint density at radius 3 is 2.85 bits per heavy atom. The zero-order chi connectivity index (χ0) is 14.1. The number of nitrogens with one attached hydrogen (secondary N) is 1. The Morgan fingerprint density at radius 2 is 2.20 bits per heavy atom. The minimum atomic E-state index is 0.516. The zero-order valence-corrected chi connectivity index (χ0v) is 12.7. The van der Waals surface area contributed by atoms with E-state index in [1.165, 1.54) is 24.0 Å². The second-order valence-corrected chi connectivity index (χ2v) is 5.98. The van der Waals surface area contributed by atoms with Crippen molar-refractivity contribution >= 4 is 11.4 Å². The summed E-state index contributed by atoms with van der Waals surface area (Å²) in [6, 6.07) is 0.516. The average molecular weight is 272 g/mol. The molecular weight excluding hydrogens is 248 g/mol. The highest BCUT2D eigenvalue weighted by atomic mass is 15.2. The van der Waals surface area contributed by atoms with E-state index in [1.54, 1.807) is 6.33 Å². The van der Waals surface area contributed by atoms with E-state index in [4.69, 9.17) is 0 Å². The maximum Gasteiger partial charge on any atom is 0.139 e. The van der Waals surface area contributed by atoms with Gasteiger partial charge in [0.1, 0.15) is 12.1 Å². The van der Waals surface area contributed by atoms with Crippen LogP contribution < -0.4 is 10.2 Å². The van der Waals surface area contributed by atoms with E-state index in [1.807, 2.05) is 0 Å². The summed E-state index contributed by atoms with van der Waals surface area (Å²) in [6.07, 6.45) is 6.59. The number of hydrogen-bond donors (Lipinski definition) is 1. The molecule has 108 valence electrons. The lowest BCUT2D eigenvalue weighted by Crippen LogP contribution is -2.49. The van der Waals surface area contributed by atoms with Gasteiger partial charge in [-0.15, -0.1) is 0 Å². The third kappa shape index (κ3) is 2.57. The first-order chi connectivity index (χ1) is 9.70. The number of nitrogens with zero attached hydrogens (tertiary/aromatic N) is 3. The van der Waals surface area contributed by atoms with Crippen LogP contribution in [0.15, 0.2) is 12.4 Å². The van der Waals surface area contributed by atoms with Crippen molar-refractivity contribution < 1.29 is 0 Å². The fourth-order valence-electron chi connectivity index (χ4n) is 3.14. The molecule has 1 N–H and O–H groups in total. The second-order valence-electron chi connectivity index (χ2n) is 5.98. The quantitative estimate of drug-likeness (QED) is 0.917. The molecule has 0 amide bonds. The third-order valence-electron chi connectivity index (χ3n) is 4.30. The van der Waals surface area contributed by atoms with Gasteiger partial charge in [0, 0.05) is 31.2 Å². The minimum Gasteiger partial charge on any atom is -0.353 e. The minimum absolute atomic E-state index is 0.516. The summed E-state index contributed by atoms with van der Waals surface area (Å²) in [5, 5.41) is 3.49. The van der Waals surface area contributed by atoms with Gasteiger partial charge < -0.3 is 10.2 Å². The molecule has 0 spiro atoms. The molecule has 0 bridgehead atoms. The average Bonchev–Trinajstić information content (AvgIpc) is 3.26. The van der Waals surface area contributed by atoms with Gasteiger partial charge in [0.2, 0.25) is 0 Å². The van der Waals surface area contributed by atoms with Crippen molar-refractivity contribution in [3.63, 3.8) is 0 Å². The molecule has 0 aromatic carbocycles. The van der Waals surface area contributed by atoms with Gasteiger partial charge in [-0.25, -0.2) is 9.97 Å². The monoisotopic (exact) mass is 272 g/mol. The van der Waals surface area contributed by atoms with Gasteiger partial charge in [0.05, 0.1) is 5.69 Å². The number of piperazine rings is 1. The lowest BCUT2D eigenvalue weighted by Gasteiger charge is -2.34. The molecule has 4 nitrogen and oxygen atoms in total. The van der Waals surface area contributed by atoms with Crippen LogP contribution in [0, 0.1) is 12.8 Å². The van der Waals surface area contributed by atoms with Crippen LogP contribution in [0.1, 0.15) is 37.9 Å². The second kappa shape index (κ2) is 5.52. The predicted octanol–water partition coefficient (Wildman–Crippen LogP) is 2.40. The van der Waals surface area contributed by atoms with Gasteiger partial charge in [0.15, 0.2) is 0 Å². The SMILES string of the molecule is C/C=C(\c1c(C)ncnc1N1CCNC(C)C1)C1CC1. The number of rotatable bonds is 3. The highest BCUT2D eigenvalue weighted by Gasteiger charge is 2.31. The molecule has 1 unspecified atom stereocenters. The number of aromatic nitrogens is 2. The number of anilines is 1.